The number of phenolic OH excluding ortho intramolecular Hbond substituents is 2. The zero-order valence-electron chi connectivity index (χ0n) is 6.99. The van der Waals surface area contributed by atoms with Gasteiger partial charge in [0, 0.05) is 11.5 Å². The van der Waals surface area contributed by atoms with Crippen LogP contribution in [0, 0.1) is 0 Å². The summed E-state index contributed by atoms with van der Waals surface area (Å²) in [6.07, 6.45) is 0. The second kappa shape index (κ2) is 3.45. The Morgan fingerprint density at radius 3 is 2.25 bits per heavy atom. The van der Waals surface area contributed by atoms with Crippen LogP contribution in [0.4, 0.5) is 0 Å². The fourth-order valence-corrected chi connectivity index (χ4v) is 1.16. The van der Waals surface area contributed by atoms with Crippen LogP contribution in [0.3, 0.4) is 0 Å². The molecule has 4 N–H and O–H groups in total. The normalized spacial score (nSPS) is 12.8. The van der Waals surface area contributed by atoms with Crippen molar-refractivity contribution < 1.29 is 10.2 Å². The predicted octanol–water partition coefficient (Wildman–Crippen LogP) is 1.16. The van der Waals surface area contributed by atoms with Crippen molar-refractivity contribution in [3.8, 4) is 11.5 Å². The summed E-state index contributed by atoms with van der Waals surface area (Å²) in [5.74, 6) is 0.187. The molecule has 0 radical (unpaired) electrons. The number of hydrogen-bond donors (Lipinski definition) is 3. The largest absolute Gasteiger partial charge is 0.508 e. The van der Waals surface area contributed by atoms with Gasteiger partial charge in [-0.25, -0.2) is 0 Å². The molecule has 1 atom stereocenters. The summed E-state index contributed by atoms with van der Waals surface area (Å²) in [5, 5.41) is 18.8. The Labute approximate surface area is 71.5 Å². The van der Waals surface area contributed by atoms with Gasteiger partial charge in [0.15, 0.2) is 0 Å². The maximum absolute atomic E-state index is 9.38. The average molecular weight is 167 g/mol. The van der Waals surface area contributed by atoms with Crippen molar-refractivity contribution in [1.29, 1.82) is 0 Å². The number of hydrogen-bond acceptors (Lipinski definition) is 3. The van der Waals surface area contributed by atoms with E-state index in [-0.39, 0.29) is 17.4 Å². The van der Waals surface area contributed by atoms with E-state index in [1.165, 1.54) is 0 Å². The van der Waals surface area contributed by atoms with Crippen molar-refractivity contribution in [2.45, 2.75) is 12.8 Å². The third kappa shape index (κ3) is 1.51. The molecule has 0 aliphatic carbocycles. The highest BCUT2D eigenvalue weighted by Crippen LogP contribution is 2.32. The van der Waals surface area contributed by atoms with Crippen LogP contribution >= 0.6 is 0 Å². The van der Waals surface area contributed by atoms with Gasteiger partial charge in [-0.15, -0.1) is 0 Å². The minimum atomic E-state index is -0.0220. The summed E-state index contributed by atoms with van der Waals surface area (Å²) in [5.41, 5.74) is 5.95. The molecule has 66 valence electrons. The van der Waals surface area contributed by atoms with Crippen LogP contribution in [0.25, 0.3) is 0 Å². The molecule has 1 aromatic rings. The van der Waals surface area contributed by atoms with E-state index in [0.717, 1.165) is 0 Å². The summed E-state index contributed by atoms with van der Waals surface area (Å²) in [4.78, 5) is 0. The molecule has 0 heterocycles. The molecule has 3 heteroatoms. The zero-order valence-corrected chi connectivity index (χ0v) is 6.99. The molecule has 0 saturated heterocycles. The lowest BCUT2D eigenvalue weighted by molar-refractivity contribution is 0.431. The van der Waals surface area contributed by atoms with E-state index < -0.39 is 0 Å². The van der Waals surface area contributed by atoms with E-state index in [0.29, 0.717) is 12.1 Å². The van der Waals surface area contributed by atoms with Crippen LogP contribution in [0.2, 0.25) is 0 Å². The van der Waals surface area contributed by atoms with Crippen molar-refractivity contribution in [3.63, 3.8) is 0 Å². The second-order valence-corrected chi connectivity index (χ2v) is 2.85. The van der Waals surface area contributed by atoms with Gasteiger partial charge in [-0.1, -0.05) is 13.0 Å². The quantitative estimate of drug-likeness (QED) is 0.619. The highest BCUT2D eigenvalue weighted by atomic mass is 16.3. The molecule has 1 unspecified atom stereocenters. The Morgan fingerprint density at radius 1 is 1.33 bits per heavy atom. The predicted molar refractivity (Wildman–Crippen MR) is 47.2 cm³/mol. The fourth-order valence-electron chi connectivity index (χ4n) is 1.16. The van der Waals surface area contributed by atoms with E-state index >= 15 is 0 Å². The van der Waals surface area contributed by atoms with Crippen LogP contribution in [0.15, 0.2) is 18.2 Å². The molecule has 0 aliphatic heterocycles. The third-order valence-electron chi connectivity index (χ3n) is 1.91. The topological polar surface area (TPSA) is 66.5 Å². The van der Waals surface area contributed by atoms with E-state index in [1.54, 1.807) is 18.2 Å². The Balaban J connectivity index is 3.12. The molecule has 3 nitrogen and oxygen atoms in total. The first-order chi connectivity index (χ1) is 5.66. The van der Waals surface area contributed by atoms with Crippen molar-refractivity contribution >= 4 is 0 Å². The van der Waals surface area contributed by atoms with Crippen LogP contribution < -0.4 is 5.73 Å². The summed E-state index contributed by atoms with van der Waals surface area (Å²) in [6, 6.07) is 4.68. The van der Waals surface area contributed by atoms with Crippen molar-refractivity contribution in [3.05, 3.63) is 23.8 Å². The number of aromatic hydroxyl groups is 2. The lowest BCUT2D eigenvalue weighted by Gasteiger charge is -2.12. The van der Waals surface area contributed by atoms with Crippen molar-refractivity contribution in [2.75, 3.05) is 6.54 Å². The molecule has 1 rings (SSSR count). The molecule has 0 fully saturated rings. The monoisotopic (exact) mass is 167 g/mol. The molecule has 0 amide bonds. The number of phenols is 2. The van der Waals surface area contributed by atoms with E-state index in [4.69, 9.17) is 5.73 Å². The molecule has 0 saturated carbocycles. The highest BCUT2D eigenvalue weighted by molar-refractivity contribution is 5.45. The van der Waals surface area contributed by atoms with Gasteiger partial charge in [-0.3, -0.25) is 0 Å². The van der Waals surface area contributed by atoms with Gasteiger partial charge in [-0.2, -0.15) is 0 Å². The first kappa shape index (κ1) is 8.87. The lowest BCUT2D eigenvalue weighted by Crippen LogP contribution is -2.09. The van der Waals surface area contributed by atoms with E-state index in [1.807, 2.05) is 6.92 Å². The smallest absolute Gasteiger partial charge is 0.122 e. The first-order valence-corrected chi connectivity index (χ1v) is 3.87. The summed E-state index contributed by atoms with van der Waals surface area (Å²) < 4.78 is 0. The summed E-state index contributed by atoms with van der Waals surface area (Å²) in [6.45, 7) is 2.26. The molecule has 1 aromatic carbocycles. The van der Waals surface area contributed by atoms with Gasteiger partial charge in [0.25, 0.3) is 0 Å². The Hall–Kier alpha value is -1.22. The van der Waals surface area contributed by atoms with Gasteiger partial charge in [0.1, 0.15) is 11.5 Å². The third-order valence-corrected chi connectivity index (χ3v) is 1.91. The van der Waals surface area contributed by atoms with Gasteiger partial charge in [-0.05, 0) is 18.7 Å². The molecule has 0 aliphatic rings. The maximum atomic E-state index is 9.38. The van der Waals surface area contributed by atoms with E-state index in [9.17, 15) is 10.2 Å². The minimum Gasteiger partial charge on any atom is -0.508 e. The maximum Gasteiger partial charge on any atom is 0.122 e. The second-order valence-electron chi connectivity index (χ2n) is 2.85. The molecule has 0 bridgehead atoms. The molecular weight excluding hydrogens is 154 g/mol. The first-order valence-electron chi connectivity index (χ1n) is 3.87. The standard InChI is InChI=1S/C9H13NO2/c1-6(5-10)9-7(11)3-2-4-8(9)12/h2-4,6,11-12H,5,10H2,1H3. The average Bonchev–Trinajstić information content (AvgIpc) is 2.03. The van der Waals surface area contributed by atoms with Gasteiger partial charge in [0.2, 0.25) is 0 Å². The number of nitrogens with two attached hydrogens (primary N) is 1. The number of benzene rings is 1. The van der Waals surface area contributed by atoms with Crippen LogP contribution in [0.1, 0.15) is 18.4 Å². The van der Waals surface area contributed by atoms with Gasteiger partial charge < -0.3 is 15.9 Å². The summed E-state index contributed by atoms with van der Waals surface area (Å²) >= 11 is 0. The molecule has 0 spiro atoms. The Kier molecular flexibility index (Phi) is 2.55. The number of rotatable bonds is 2. The highest BCUT2D eigenvalue weighted by Gasteiger charge is 2.12. The minimum absolute atomic E-state index is 0.0220. The Morgan fingerprint density at radius 2 is 1.83 bits per heavy atom. The van der Waals surface area contributed by atoms with Crippen molar-refractivity contribution in [2.24, 2.45) is 5.73 Å². The van der Waals surface area contributed by atoms with E-state index in [2.05, 4.69) is 0 Å². The van der Waals surface area contributed by atoms with Gasteiger partial charge >= 0.3 is 0 Å². The van der Waals surface area contributed by atoms with Crippen LogP contribution in [-0.2, 0) is 0 Å². The SMILES string of the molecule is CC(CN)c1c(O)cccc1O. The van der Waals surface area contributed by atoms with Gasteiger partial charge in [0.05, 0.1) is 0 Å². The van der Waals surface area contributed by atoms with Crippen LogP contribution in [-0.4, -0.2) is 16.8 Å². The molecule has 12 heavy (non-hydrogen) atoms. The molecular formula is C9H13NO2. The van der Waals surface area contributed by atoms with Crippen LogP contribution in [0.5, 0.6) is 11.5 Å². The lowest BCUT2D eigenvalue weighted by atomic mass is 9.99. The summed E-state index contributed by atoms with van der Waals surface area (Å²) in [7, 11) is 0. The fraction of sp³-hybridized carbons (Fsp3) is 0.333. The van der Waals surface area contributed by atoms with Crippen molar-refractivity contribution in [1.82, 2.24) is 0 Å². The zero-order chi connectivity index (χ0) is 9.14. The molecule has 0 aromatic heterocycles. The Bertz CT molecular complexity index is 253.